The second kappa shape index (κ2) is 7.63. The summed E-state index contributed by atoms with van der Waals surface area (Å²) in [5.41, 5.74) is 8.08. The zero-order chi connectivity index (χ0) is 17.8. The summed E-state index contributed by atoms with van der Waals surface area (Å²) in [7, 11) is 0. The molecule has 0 bridgehead atoms. The molecule has 3 rings (SSSR count). The van der Waals surface area contributed by atoms with Crippen molar-refractivity contribution in [3.63, 3.8) is 0 Å². The number of nitrogens with zero attached hydrogens (tertiary/aromatic N) is 1. The predicted molar refractivity (Wildman–Crippen MR) is 95.7 cm³/mol. The standard InChI is InChI=1S/C19H23N3O3/c1-12(23)13-3-6-18-14(8-13)2-5-16(25-18)10-21-11-17(24)15-4-7-19(20)22-9-15/h3-4,6-9,16-17,21,24H,2,5,10-11H2,1H3,(H2,20,22). The molecule has 1 aromatic heterocycles. The average Bonchev–Trinajstić information content (AvgIpc) is 2.61. The van der Waals surface area contributed by atoms with Gasteiger partial charge in [0.05, 0.1) is 6.10 Å². The molecule has 1 aliphatic heterocycles. The number of aliphatic hydroxyl groups excluding tert-OH is 1. The summed E-state index contributed by atoms with van der Waals surface area (Å²) < 4.78 is 5.99. The SMILES string of the molecule is CC(=O)c1ccc2c(c1)CCC(CNCC(O)c1ccc(N)nc1)O2. The van der Waals surface area contributed by atoms with Crippen molar-refractivity contribution >= 4 is 11.6 Å². The Hall–Kier alpha value is -2.44. The molecule has 2 atom stereocenters. The number of hydrogen-bond acceptors (Lipinski definition) is 6. The van der Waals surface area contributed by atoms with E-state index in [-0.39, 0.29) is 11.9 Å². The van der Waals surface area contributed by atoms with E-state index in [1.54, 1.807) is 31.3 Å². The Morgan fingerprint density at radius 1 is 1.44 bits per heavy atom. The third-order valence-electron chi connectivity index (χ3n) is 4.40. The lowest BCUT2D eigenvalue weighted by atomic mass is 9.99. The summed E-state index contributed by atoms with van der Waals surface area (Å²) in [5, 5.41) is 13.4. The van der Waals surface area contributed by atoms with Crippen molar-refractivity contribution in [2.24, 2.45) is 0 Å². The van der Waals surface area contributed by atoms with Crippen molar-refractivity contribution < 1.29 is 14.6 Å². The minimum atomic E-state index is -0.637. The minimum Gasteiger partial charge on any atom is -0.489 e. The van der Waals surface area contributed by atoms with Crippen LogP contribution in [0.15, 0.2) is 36.5 Å². The van der Waals surface area contributed by atoms with Gasteiger partial charge >= 0.3 is 0 Å². The number of benzene rings is 1. The lowest BCUT2D eigenvalue weighted by Crippen LogP contribution is -2.36. The van der Waals surface area contributed by atoms with Gasteiger partial charge in [0.15, 0.2) is 5.78 Å². The Labute approximate surface area is 147 Å². The molecule has 0 saturated carbocycles. The third-order valence-corrected chi connectivity index (χ3v) is 4.40. The fourth-order valence-electron chi connectivity index (χ4n) is 2.92. The highest BCUT2D eigenvalue weighted by molar-refractivity contribution is 5.94. The van der Waals surface area contributed by atoms with Crippen molar-refractivity contribution in [2.75, 3.05) is 18.8 Å². The number of nitrogens with two attached hydrogens (primary N) is 1. The molecule has 0 radical (unpaired) electrons. The monoisotopic (exact) mass is 341 g/mol. The normalized spacial score (nSPS) is 17.4. The number of pyridine rings is 1. The van der Waals surface area contributed by atoms with Crippen LogP contribution in [-0.2, 0) is 6.42 Å². The van der Waals surface area contributed by atoms with Gasteiger partial charge in [-0.15, -0.1) is 0 Å². The molecule has 0 aliphatic carbocycles. The summed E-state index contributed by atoms with van der Waals surface area (Å²) >= 11 is 0. The number of aromatic nitrogens is 1. The zero-order valence-corrected chi connectivity index (χ0v) is 14.2. The molecule has 0 spiro atoms. The van der Waals surface area contributed by atoms with Gasteiger partial charge < -0.3 is 20.9 Å². The largest absolute Gasteiger partial charge is 0.489 e. The molecule has 2 heterocycles. The Bertz CT molecular complexity index is 746. The maximum absolute atomic E-state index is 11.5. The van der Waals surface area contributed by atoms with Crippen LogP contribution in [0.2, 0.25) is 0 Å². The fraction of sp³-hybridized carbons (Fsp3) is 0.368. The predicted octanol–water partition coefficient (Wildman–Crippen LogP) is 1.88. The van der Waals surface area contributed by atoms with E-state index in [2.05, 4.69) is 10.3 Å². The van der Waals surface area contributed by atoms with E-state index < -0.39 is 6.10 Å². The van der Waals surface area contributed by atoms with E-state index in [9.17, 15) is 9.90 Å². The molecule has 132 valence electrons. The molecule has 2 unspecified atom stereocenters. The highest BCUT2D eigenvalue weighted by Crippen LogP contribution is 2.28. The van der Waals surface area contributed by atoms with Crippen molar-refractivity contribution in [1.82, 2.24) is 10.3 Å². The van der Waals surface area contributed by atoms with Gasteiger partial charge in [0, 0.05) is 30.4 Å². The number of nitrogen functional groups attached to an aromatic ring is 1. The molecule has 0 saturated heterocycles. The Morgan fingerprint density at radius 2 is 2.28 bits per heavy atom. The number of Topliss-reactive ketones (excluding diaryl/α,β-unsaturated/α-hetero) is 1. The first-order chi connectivity index (χ1) is 12.0. The Balaban J connectivity index is 1.50. The number of carbonyl (C=O) groups excluding carboxylic acids is 1. The maximum Gasteiger partial charge on any atom is 0.159 e. The molecule has 25 heavy (non-hydrogen) atoms. The summed E-state index contributed by atoms with van der Waals surface area (Å²) in [6, 6.07) is 9.03. The van der Waals surface area contributed by atoms with E-state index >= 15 is 0 Å². The van der Waals surface area contributed by atoms with Gasteiger partial charge in [-0.2, -0.15) is 0 Å². The van der Waals surface area contributed by atoms with Gasteiger partial charge in [-0.25, -0.2) is 4.98 Å². The Kier molecular flexibility index (Phi) is 5.31. The highest BCUT2D eigenvalue weighted by Gasteiger charge is 2.20. The van der Waals surface area contributed by atoms with Gasteiger partial charge in [-0.05, 0) is 49.6 Å². The number of ether oxygens (including phenoxy) is 1. The molecular weight excluding hydrogens is 318 g/mol. The van der Waals surface area contributed by atoms with Crippen molar-refractivity contribution in [3.8, 4) is 5.75 Å². The topological polar surface area (TPSA) is 97.5 Å². The average molecular weight is 341 g/mol. The quantitative estimate of drug-likeness (QED) is 0.694. The first kappa shape index (κ1) is 17.4. The molecule has 1 aromatic carbocycles. The number of anilines is 1. The molecule has 0 amide bonds. The van der Waals surface area contributed by atoms with Crippen LogP contribution in [-0.4, -0.2) is 35.1 Å². The fourth-order valence-corrected chi connectivity index (χ4v) is 2.92. The molecule has 4 N–H and O–H groups in total. The molecule has 6 nitrogen and oxygen atoms in total. The van der Waals surface area contributed by atoms with Gasteiger partial charge in [-0.3, -0.25) is 4.79 Å². The van der Waals surface area contributed by atoms with E-state index in [0.29, 0.717) is 18.9 Å². The lowest BCUT2D eigenvalue weighted by Gasteiger charge is -2.27. The number of rotatable bonds is 6. The first-order valence-corrected chi connectivity index (χ1v) is 8.43. The number of ketones is 1. The van der Waals surface area contributed by atoms with Gasteiger partial charge in [0.25, 0.3) is 0 Å². The van der Waals surface area contributed by atoms with E-state index in [0.717, 1.165) is 35.3 Å². The van der Waals surface area contributed by atoms with E-state index in [1.807, 2.05) is 12.1 Å². The van der Waals surface area contributed by atoms with Gasteiger partial charge in [0.2, 0.25) is 0 Å². The number of nitrogens with one attached hydrogen (secondary N) is 1. The molecule has 6 heteroatoms. The summed E-state index contributed by atoms with van der Waals surface area (Å²) in [6.07, 6.45) is 2.75. The first-order valence-electron chi connectivity index (χ1n) is 8.43. The second-order valence-electron chi connectivity index (χ2n) is 6.35. The van der Waals surface area contributed by atoms with Crippen molar-refractivity contribution in [3.05, 3.63) is 53.2 Å². The molecule has 2 aromatic rings. The number of hydrogen-bond donors (Lipinski definition) is 3. The van der Waals surface area contributed by atoms with Crippen molar-refractivity contribution in [2.45, 2.75) is 32.0 Å². The van der Waals surface area contributed by atoms with Crippen LogP contribution in [0.1, 0.15) is 40.9 Å². The Morgan fingerprint density at radius 3 is 3.00 bits per heavy atom. The van der Waals surface area contributed by atoms with Crippen LogP contribution < -0.4 is 15.8 Å². The van der Waals surface area contributed by atoms with Gasteiger partial charge in [0.1, 0.15) is 17.7 Å². The van der Waals surface area contributed by atoms with Crippen LogP contribution in [0, 0.1) is 0 Å². The summed E-state index contributed by atoms with van der Waals surface area (Å²) in [4.78, 5) is 15.4. The number of aliphatic hydroxyl groups is 1. The van der Waals surface area contributed by atoms with Gasteiger partial charge in [-0.1, -0.05) is 6.07 Å². The zero-order valence-electron chi connectivity index (χ0n) is 14.2. The van der Waals surface area contributed by atoms with E-state index in [4.69, 9.17) is 10.5 Å². The smallest absolute Gasteiger partial charge is 0.159 e. The van der Waals surface area contributed by atoms with Crippen molar-refractivity contribution in [1.29, 1.82) is 0 Å². The highest BCUT2D eigenvalue weighted by atomic mass is 16.5. The minimum absolute atomic E-state index is 0.0485. The maximum atomic E-state index is 11.5. The summed E-state index contributed by atoms with van der Waals surface area (Å²) in [5.74, 6) is 1.34. The van der Waals surface area contributed by atoms with Crippen LogP contribution in [0.25, 0.3) is 0 Å². The molecule has 1 aliphatic rings. The molecular formula is C19H23N3O3. The molecule has 0 fully saturated rings. The number of fused-ring (bicyclic) bond motifs is 1. The van der Waals surface area contributed by atoms with Crippen LogP contribution in [0.5, 0.6) is 5.75 Å². The number of aryl methyl sites for hydroxylation is 1. The lowest BCUT2D eigenvalue weighted by molar-refractivity contribution is 0.101. The van der Waals surface area contributed by atoms with Crippen LogP contribution in [0.3, 0.4) is 0 Å². The number of carbonyl (C=O) groups is 1. The summed E-state index contributed by atoms with van der Waals surface area (Å²) in [6.45, 7) is 2.63. The third kappa shape index (κ3) is 4.35. The van der Waals surface area contributed by atoms with E-state index in [1.165, 1.54) is 0 Å². The van der Waals surface area contributed by atoms with Crippen LogP contribution >= 0.6 is 0 Å². The second-order valence-corrected chi connectivity index (χ2v) is 6.35. The van der Waals surface area contributed by atoms with Crippen LogP contribution in [0.4, 0.5) is 5.82 Å².